The van der Waals surface area contributed by atoms with Gasteiger partial charge in [-0.2, -0.15) is 0 Å². The smallest absolute Gasteiger partial charge is 0.270 e. The van der Waals surface area contributed by atoms with Crippen LogP contribution in [-0.4, -0.2) is 31.9 Å². The van der Waals surface area contributed by atoms with E-state index in [0.717, 1.165) is 37.9 Å². The fourth-order valence-corrected chi connectivity index (χ4v) is 3.92. The number of pyridine rings is 1. The second-order valence-electron chi connectivity index (χ2n) is 7.58. The predicted molar refractivity (Wildman–Crippen MR) is 107 cm³/mol. The highest BCUT2D eigenvalue weighted by atomic mass is 16.1. The summed E-state index contributed by atoms with van der Waals surface area (Å²) in [6.07, 6.45) is 7.73. The molecule has 1 saturated carbocycles. The fourth-order valence-electron chi connectivity index (χ4n) is 3.92. The minimum atomic E-state index is -0.102. The Kier molecular flexibility index (Phi) is 5.46. The van der Waals surface area contributed by atoms with Gasteiger partial charge in [0, 0.05) is 24.4 Å². The number of carbonyl (C=O) groups excluding carboxylic acids is 1. The lowest BCUT2D eigenvalue weighted by molar-refractivity contribution is 0.0920. The minimum Gasteiger partial charge on any atom is -0.348 e. The molecule has 2 heterocycles. The van der Waals surface area contributed by atoms with Gasteiger partial charge < -0.3 is 5.32 Å². The van der Waals surface area contributed by atoms with Crippen molar-refractivity contribution in [3.63, 3.8) is 0 Å². The van der Waals surface area contributed by atoms with E-state index in [1.54, 1.807) is 12.3 Å². The Bertz CT molecular complexity index is 937. The number of hydrogen-bond donors (Lipinski definition) is 1. The van der Waals surface area contributed by atoms with Gasteiger partial charge in [-0.15, -0.1) is 5.10 Å². The third-order valence-corrected chi connectivity index (χ3v) is 5.31. The highest BCUT2D eigenvalue weighted by molar-refractivity contribution is 5.92. The summed E-state index contributed by atoms with van der Waals surface area (Å²) in [6.45, 7) is 2.82. The maximum atomic E-state index is 12.4. The van der Waals surface area contributed by atoms with E-state index in [-0.39, 0.29) is 11.9 Å². The Morgan fingerprint density at radius 2 is 2.14 bits per heavy atom. The molecule has 6 heteroatoms. The molecule has 0 aliphatic heterocycles. The normalized spacial score (nSPS) is 19.3. The van der Waals surface area contributed by atoms with Gasteiger partial charge in [-0.3, -0.25) is 9.78 Å². The van der Waals surface area contributed by atoms with Crippen molar-refractivity contribution in [1.82, 2.24) is 25.3 Å². The van der Waals surface area contributed by atoms with E-state index in [2.05, 4.69) is 58.0 Å². The first-order valence-electron chi connectivity index (χ1n) is 9.85. The van der Waals surface area contributed by atoms with Crippen LogP contribution < -0.4 is 5.32 Å². The third-order valence-electron chi connectivity index (χ3n) is 5.31. The Hall–Kier alpha value is -3.02. The van der Waals surface area contributed by atoms with E-state index in [9.17, 15) is 4.79 Å². The average Bonchev–Trinajstić information content (AvgIpc) is 3.17. The predicted octanol–water partition coefficient (Wildman–Crippen LogP) is 3.49. The number of hydrogen-bond acceptors (Lipinski definition) is 4. The Balaban J connectivity index is 1.38. The van der Waals surface area contributed by atoms with Gasteiger partial charge in [0.15, 0.2) is 0 Å². The second kappa shape index (κ2) is 8.33. The van der Waals surface area contributed by atoms with Crippen LogP contribution in [0.5, 0.6) is 0 Å². The van der Waals surface area contributed by atoms with Gasteiger partial charge in [0.2, 0.25) is 0 Å². The van der Waals surface area contributed by atoms with Gasteiger partial charge in [-0.25, -0.2) is 4.68 Å². The molecule has 3 aromatic rings. The standard InChI is InChI=1S/C22H25N5O/c1-16-6-4-7-17(12-16)14-27-15-21(25-26-27)18-8-5-9-19(13-18)24-22(28)20-10-2-3-11-23-20/h2-4,6-7,10-12,15,18-19H,5,8-9,13-14H2,1H3,(H,24,28). The summed E-state index contributed by atoms with van der Waals surface area (Å²) >= 11 is 0. The maximum absolute atomic E-state index is 12.4. The van der Waals surface area contributed by atoms with Gasteiger partial charge in [-0.05, 0) is 43.9 Å². The first-order chi connectivity index (χ1) is 13.7. The van der Waals surface area contributed by atoms with Crippen LogP contribution in [0.15, 0.2) is 54.9 Å². The molecule has 2 atom stereocenters. The summed E-state index contributed by atoms with van der Waals surface area (Å²) in [5.74, 6) is 0.225. The van der Waals surface area contributed by atoms with E-state index in [1.807, 2.05) is 16.8 Å². The Labute approximate surface area is 165 Å². The van der Waals surface area contributed by atoms with Crippen LogP contribution in [0.1, 0.15) is 58.9 Å². The van der Waals surface area contributed by atoms with Crippen molar-refractivity contribution in [2.45, 2.75) is 51.1 Å². The van der Waals surface area contributed by atoms with Crippen molar-refractivity contribution in [3.05, 3.63) is 77.4 Å². The first kappa shape index (κ1) is 18.3. The largest absolute Gasteiger partial charge is 0.348 e. The third kappa shape index (κ3) is 4.44. The quantitative estimate of drug-likeness (QED) is 0.741. The average molecular weight is 375 g/mol. The van der Waals surface area contributed by atoms with Gasteiger partial charge in [-0.1, -0.05) is 47.5 Å². The van der Waals surface area contributed by atoms with Crippen LogP contribution in [0.2, 0.25) is 0 Å². The van der Waals surface area contributed by atoms with Crippen molar-refractivity contribution < 1.29 is 4.79 Å². The number of carbonyl (C=O) groups is 1. The first-order valence-corrected chi connectivity index (χ1v) is 9.85. The molecule has 6 nitrogen and oxygen atoms in total. The zero-order chi connectivity index (χ0) is 19.3. The summed E-state index contributed by atoms with van der Waals surface area (Å²) in [5, 5.41) is 11.9. The van der Waals surface area contributed by atoms with Crippen molar-refractivity contribution in [2.24, 2.45) is 0 Å². The van der Waals surface area contributed by atoms with Gasteiger partial charge >= 0.3 is 0 Å². The zero-order valence-corrected chi connectivity index (χ0v) is 16.1. The Morgan fingerprint density at radius 3 is 2.96 bits per heavy atom. The van der Waals surface area contributed by atoms with E-state index >= 15 is 0 Å². The molecule has 1 amide bonds. The minimum absolute atomic E-state index is 0.102. The molecular weight excluding hydrogens is 350 g/mol. The molecule has 0 saturated heterocycles. The summed E-state index contributed by atoms with van der Waals surface area (Å²) in [7, 11) is 0. The molecule has 1 aliphatic rings. The molecule has 1 aromatic carbocycles. The topological polar surface area (TPSA) is 72.7 Å². The molecule has 0 spiro atoms. The van der Waals surface area contributed by atoms with Gasteiger partial charge in [0.05, 0.1) is 12.2 Å². The van der Waals surface area contributed by atoms with Crippen molar-refractivity contribution in [1.29, 1.82) is 0 Å². The summed E-state index contributed by atoms with van der Waals surface area (Å²) < 4.78 is 1.90. The molecule has 4 rings (SSSR count). The lowest BCUT2D eigenvalue weighted by Gasteiger charge is -2.28. The molecule has 1 fully saturated rings. The lowest BCUT2D eigenvalue weighted by atomic mass is 9.84. The molecule has 1 aliphatic carbocycles. The SMILES string of the molecule is Cc1cccc(Cn2cc(C3CCCC(NC(=O)c4ccccn4)C3)nn2)c1. The number of nitrogens with one attached hydrogen (secondary N) is 1. The Morgan fingerprint density at radius 1 is 1.21 bits per heavy atom. The number of benzene rings is 1. The molecule has 2 aromatic heterocycles. The second-order valence-corrected chi connectivity index (χ2v) is 7.58. The summed E-state index contributed by atoms with van der Waals surface area (Å²) in [5.41, 5.74) is 3.95. The molecule has 2 unspecified atom stereocenters. The van der Waals surface area contributed by atoms with Crippen LogP contribution in [0.4, 0.5) is 0 Å². The van der Waals surface area contributed by atoms with E-state index in [4.69, 9.17) is 0 Å². The summed E-state index contributed by atoms with van der Waals surface area (Å²) in [6, 6.07) is 14.0. The highest BCUT2D eigenvalue weighted by Gasteiger charge is 2.26. The number of aryl methyl sites for hydroxylation is 1. The molecule has 0 bridgehead atoms. The fraction of sp³-hybridized carbons (Fsp3) is 0.364. The van der Waals surface area contributed by atoms with Crippen LogP contribution in [0.3, 0.4) is 0 Å². The molecule has 0 radical (unpaired) electrons. The molecule has 28 heavy (non-hydrogen) atoms. The van der Waals surface area contributed by atoms with E-state index in [1.165, 1.54) is 11.1 Å². The van der Waals surface area contributed by atoms with Crippen molar-refractivity contribution in [3.8, 4) is 0 Å². The number of nitrogens with zero attached hydrogens (tertiary/aromatic N) is 4. The maximum Gasteiger partial charge on any atom is 0.270 e. The van der Waals surface area contributed by atoms with Crippen LogP contribution in [0.25, 0.3) is 0 Å². The van der Waals surface area contributed by atoms with Gasteiger partial charge in [0.25, 0.3) is 5.91 Å². The monoisotopic (exact) mass is 375 g/mol. The van der Waals surface area contributed by atoms with Crippen molar-refractivity contribution in [2.75, 3.05) is 0 Å². The van der Waals surface area contributed by atoms with Crippen LogP contribution >= 0.6 is 0 Å². The van der Waals surface area contributed by atoms with E-state index < -0.39 is 0 Å². The lowest BCUT2D eigenvalue weighted by Crippen LogP contribution is -2.38. The van der Waals surface area contributed by atoms with Crippen LogP contribution in [-0.2, 0) is 6.54 Å². The summed E-state index contributed by atoms with van der Waals surface area (Å²) in [4.78, 5) is 16.5. The van der Waals surface area contributed by atoms with E-state index in [0.29, 0.717) is 11.6 Å². The van der Waals surface area contributed by atoms with Crippen molar-refractivity contribution >= 4 is 5.91 Å². The molecular formula is C22H25N5O. The molecule has 144 valence electrons. The number of amides is 1. The highest BCUT2D eigenvalue weighted by Crippen LogP contribution is 2.31. The van der Waals surface area contributed by atoms with Gasteiger partial charge in [0.1, 0.15) is 5.69 Å². The zero-order valence-electron chi connectivity index (χ0n) is 16.1. The van der Waals surface area contributed by atoms with Crippen LogP contribution in [0, 0.1) is 6.92 Å². The molecule has 1 N–H and O–H groups in total. The number of aromatic nitrogens is 4. The number of rotatable bonds is 5.